The van der Waals surface area contributed by atoms with Gasteiger partial charge in [0, 0.05) is 32.7 Å². The highest BCUT2D eigenvalue weighted by Crippen LogP contribution is 2.15. The maximum absolute atomic E-state index is 12.4. The Bertz CT molecular complexity index is 864. The lowest BCUT2D eigenvalue weighted by Crippen LogP contribution is -2.38. The van der Waals surface area contributed by atoms with E-state index in [2.05, 4.69) is 44.8 Å². The molecule has 1 aliphatic heterocycles. The number of nitrogens with one attached hydrogen (secondary N) is 2. The van der Waals surface area contributed by atoms with Crippen LogP contribution in [0.3, 0.4) is 0 Å². The minimum Gasteiger partial charge on any atom is -0.488 e. The second kappa shape index (κ2) is 15.0. The van der Waals surface area contributed by atoms with E-state index in [-0.39, 0.29) is 24.0 Å². The van der Waals surface area contributed by atoms with Crippen molar-refractivity contribution in [3.8, 4) is 5.75 Å². The van der Waals surface area contributed by atoms with Crippen molar-refractivity contribution < 1.29 is 18.3 Å². The molecular weight excluding hydrogens is 541 g/mol. The van der Waals surface area contributed by atoms with Gasteiger partial charge >= 0.3 is 0 Å². The van der Waals surface area contributed by atoms with Crippen LogP contribution < -0.4 is 15.4 Å². The molecule has 1 fully saturated rings. The zero-order valence-electron chi connectivity index (χ0n) is 18.9. The van der Waals surface area contributed by atoms with Gasteiger partial charge in [0.15, 0.2) is 5.96 Å². The van der Waals surface area contributed by atoms with Crippen molar-refractivity contribution in [2.75, 3.05) is 39.5 Å². The monoisotopic (exact) mass is 574 g/mol. The van der Waals surface area contributed by atoms with Crippen LogP contribution in [0.2, 0.25) is 0 Å². The largest absolute Gasteiger partial charge is 0.488 e. The quantitative estimate of drug-likeness (QED) is 0.255. The van der Waals surface area contributed by atoms with Crippen molar-refractivity contribution >= 4 is 29.9 Å². The lowest BCUT2D eigenvalue weighted by molar-refractivity contribution is 0.0341. The van der Waals surface area contributed by atoms with Gasteiger partial charge in [0.05, 0.1) is 19.8 Å². The van der Waals surface area contributed by atoms with Crippen molar-refractivity contribution in [1.29, 1.82) is 0 Å². The first-order valence-electron chi connectivity index (χ1n) is 11.0. The third-order valence-corrected chi connectivity index (χ3v) is 5.10. The molecule has 0 atom stereocenters. The van der Waals surface area contributed by atoms with E-state index in [1.807, 2.05) is 13.0 Å². The molecule has 0 unspecified atom stereocenters. The fourth-order valence-electron chi connectivity index (χ4n) is 3.47. The summed E-state index contributed by atoms with van der Waals surface area (Å²) in [6.45, 7) is 7.58. The molecule has 33 heavy (non-hydrogen) atoms. The lowest BCUT2D eigenvalue weighted by Gasteiger charge is -2.27. The molecule has 2 aromatic carbocycles. The van der Waals surface area contributed by atoms with E-state index in [4.69, 9.17) is 9.47 Å². The number of alkyl halides is 2. The van der Waals surface area contributed by atoms with Crippen LogP contribution in [0.5, 0.6) is 5.75 Å². The minimum absolute atomic E-state index is 0. The van der Waals surface area contributed by atoms with Gasteiger partial charge in [-0.3, -0.25) is 4.90 Å². The van der Waals surface area contributed by atoms with Crippen LogP contribution in [0.15, 0.2) is 53.5 Å². The second-order valence-corrected chi connectivity index (χ2v) is 7.56. The number of nitrogens with zero attached hydrogens (tertiary/aromatic N) is 2. The van der Waals surface area contributed by atoms with Crippen LogP contribution in [-0.4, -0.2) is 56.7 Å². The predicted molar refractivity (Wildman–Crippen MR) is 138 cm³/mol. The fourth-order valence-corrected chi connectivity index (χ4v) is 3.47. The van der Waals surface area contributed by atoms with Crippen LogP contribution >= 0.6 is 24.0 Å². The van der Waals surface area contributed by atoms with E-state index in [0.717, 1.165) is 45.0 Å². The highest BCUT2D eigenvalue weighted by molar-refractivity contribution is 14.0. The van der Waals surface area contributed by atoms with E-state index in [9.17, 15) is 8.78 Å². The van der Waals surface area contributed by atoms with Crippen molar-refractivity contribution in [2.24, 2.45) is 4.99 Å². The predicted octanol–water partition coefficient (Wildman–Crippen LogP) is 4.04. The molecule has 0 saturated carbocycles. The number of halogens is 3. The van der Waals surface area contributed by atoms with E-state index in [0.29, 0.717) is 24.8 Å². The van der Waals surface area contributed by atoms with Crippen molar-refractivity contribution in [2.45, 2.75) is 33.0 Å². The number of hydrogen-bond donors (Lipinski definition) is 2. The second-order valence-electron chi connectivity index (χ2n) is 7.56. The average Bonchev–Trinajstić information content (AvgIpc) is 2.81. The summed E-state index contributed by atoms with van der Waals surface area (Å²) in [5.41, 5.74) is 3.41. The normalized spacial score (nSPS) is 14.6. The molecular formula is C24H33F2IN4O2. The Kier molecular flexibility index (Phi) is 12.4. The molecule has 1 heterocycles. The summed E-state index contributed by atoms with van der Waals surface area (Å²) in [5.74, 6) is 1.13. The highest BCUT2D eigenvalue weighted by Gasteiger charge is 2.13. The summed E-state index contributed by atoms with van der Waals surface area (Å²) in [6, 6.07) is 15.5. The average molecular weight is 574 g/mol. The first kappa shape index (κ1) is 27.3. The van der Waals surface area contributed by atoms with E-state index >= 15 is 0 Å². The zero-order chi connectivity index (χ0) is 22.6. The van der Waals surface area contributed by atoms with Gasteiger partial charge in [-0.1, -0.05) is 36.4 Å². The molecule has 0 aliphatic carbocycles. The van der Waals surface area contributed by atoms with Gasteiger partial charge in [0.1, 0.15) is 12.4 Å². The Balaban J connectivity index is 0.00000385. The molecule has 182 valence electrons. The number of morpholine rings is 1. The molecule has 2 aromatic rings. The summed E-state index contributed by atoms with van der Waals surface area (Å²) < 4.78 is 35.3. The SMILES string of the molecule is CCNC(=NCc1cccc(OCC(F)F)c1)NCc1ccccc1CN1CCOCC1.I. The Morgan fingerprint density at radius 3 is 2.58 bits per heavy atom. The summed E-state index contributed by atoms with van der Waals surface area (Å²) in [5, 5.41) is 6.66. The van der Waals surface area contributed by atoms with Gasteiger partial charge in [-0.2, -0.15) is 0 Å². The summed E-state index contributed by atoms with van der Waals surface area (Å²) >= 11 is 0. The van der Waals surface area contributed by atoms with Crippen LogP contribution in [-0.2, 0) is 24.4 Å². The maximum atomic E-state index is 12.4. The lowest BCUT2D eigenvalue weighted by atomic mass is 10.1. The fraction of sp³-hybridized carbons (Fsp3) is 0.458. The van der Waals surface area contributed by atoms with Crippen molar-refractivity contribution in [3.05, 3.63) is 65.2 Å². The molecule has 2 N–H and O–H groups in total. The van der Waals surface area contributed by atoms with Crippen LogP contribution in [0.1, 0.15) is 23.6 Å². The topological polar surface area (TPSA) is 58.1 Å². The highest BCUT2D eigenvalue weighted by atomic mass is 127. The first-order chi connectivity index (χ1) is 15.6. The zero-order valence-corrected chi connectivity index (χ0v) is 21.3. The van der Waals surface area contributed by atoms with Gasteiger partial charge < -0.3 is 20.1 Å². The standard InChI is InChI=1S/C24H32F2N4O2.HI/c1-2-27-24(28-15-19-6-5-9-22(14-19)32-18-23(25)26)29-16-20-7-3-4-8-21(20)17-30-10-12-31-13-11-30;/h3-9,14,23H,2,10-13,15-18H2,1H3,(H2,27,28,29);1H. The molecule has 0 amide bonds. The van der Waals surface area contributed by atoms with E-state index in [1.165, 1.54) is 11.1 Å². The minimum atomic E-state index is -2.49. The summed E-state index contributed by atoms with van der Waals surface area (Å²) in [7, 11) is 0. The van der Waals surface area contributed by atoms with Crippen molar-refractivity contribution in [1.82, 2.24) is 15.5 Å². The van der Waals surface area contributed by atoms with Gasteiger partial charge in [-0.15, -0.1) is 24.0 Å². The third-order valence-electron chi connectivity index (χ3n) is 5.10. The molecule has 6 nitrogen and oxygen atoms in total. The molecule has 0 aromatic heterocycles. The Morgan fingerprint density at radius 2 is 1.85 bits per heavy atom. The number of rotatable bonds is 10. The molecule has 0 radical (unpaired) electrons. The third kappa shape index (κ3) is 9.81. The van der Waals surface area contributed by atoms with Crippen LogP contribution in [0, 0.1) is 0 Å². The van der Waals surface area contributed by atoms with Gasteiger partial charge in [0.2, 0.25) is 0 Å². The molecule has 0 spiro atoms. The maximum Gasteiger partial charge on any atom is 0.272 e. The van der Waals surface area contributed by atoms with E-state index in [1.54, 1.807) is 18.2 Å². The molecule has 9 heteroatoms. The van der Waals surface area contributed by atoms with Crippen molar-refractivity contribution in [3.63, 3.8) is 0 Å². The van der Waals surface area contributed by atoms with Gasteiger partial charge in [0.25, 0.3) is 6.43 Å². The Morgan fingerprint density at radius 1 is 1.09 bits per heavy atom. The van der Waals surface area contributed by atoms with Crippen LogP contribution in [0.25, 0.3) is 0 Å². The summed E-state index contributed by atoms with van der Waals surface area (Å²) in [4.78, 5) is 7.05. The number of hydrogen-bond acceptors (Lipinski definition) is 4. The first-order valence-corrected chi connectivity index (χ1v) is 11.0. The Hall–Kier alpha value is -1.98. The number of guanidine groups is 1. The Labute approximate surface area is 211 Å². The summed E-state index contributed by atoms with van der Waals surface area (Å²) in [6.07, 6.45) is -2.49. The molecule has 1 saturated heterocycles. The molecule has 1 aliphatic rings. The number of aliphatic imine (C=N–C) groups is 1. The van der Waals surface area contributed by atoms with Crippen LogP contribution in [0.4, 0.5) is 8.78 Å². The van der Waals surface area contributed by atoms with Gasteiger partial charge in [-0.25, -0.2) is 13.8 Å². The molecule has 3 rings (SSSR count). The molecule has 0 bridgehead atoms. The number of benzene rings is 2. The number of ether oxygens (including phenoxy) is 2. The smallest absolute Gasteiger partial charge is 0.272 e. The van der Waals surface area contributed by atoms with Gasteiger partial charge in [-0.05, 0) is 35.7 Å². The van der Waals surface area contributed by atoms with E-state index < -0.39 is 13.0 Å².